The minimum Gasteiger partial charge on any atom is -0.480 e. The number of carbonyl (C=O) groups is 1. The van der Waals surface area contributed by atoms with Crippen molar-refractivity contribution in [3.63, 3.8) is 0 Å². The summed E-state index contributed by atoms with van der Waals surface area (Å²) >= 11 is 3.43. The maximum atomic E-state index is 10.7. The van der Waals surface area contributed by atoms with Gasteiger partial charge in [0.05, 0.1) is 19.3 Å². The number of pyridine rings is 1. The van der Waals surface area contributed by atoms with E-state index < -0.39 is 5.97 Å². The van der Waals surface area contributed by atoms with Gasteiger partial charge in [-0.15, -0.1) is 0 Å². The van der Waals surface area contributed by atoms with Crippen LogP contribution in [0, 0.1) is 0 Å². The lowest BCUT2D eigenvalue weighted by atomic mass is 10.2. The predicted octanol–water partition coefficient (Wildman–Crippen LogP) is 1.06. The topological polar surface area (TPSA) is 65.9 Å². The standard InChI is InChI=1S/C14H20BrN3O3/c1-17(10-14(19)20)8-13-9-18(2-3-21-13)7-11-4-12(15)6-16-5-11/h4-6,13H,2-3,7-10H2,1H3,(H,19,20). The van der Waals surface area contributed by atoms with E-state index in [1.165, 1.54) is 0 Å². The Labute approximate surface area is 132 Å². The van der Waals surface area contributed by atoms with E-state index in [-0.39, 0.29) is 12.6 Å². The van der Waals surface area contributed by atoms with E-state index in [1.54, 1.807) is 18.1 Å². The summed E-state index contributed by atoms with van der Waals surface area (Å²) in [5, 5.41) is 8.78. The average Bonchev–Trinajstić information content (AvgIpc) is 2.37. The SMILES string of the molecule is CN(CC(=O)O)CC1CN(Cc2cncc(Br)c2)CCO1. The first-order chi connectivity index (χ1) is 10.0. The first-order valence-electron chi connectivity index (χ1n) is 6.86. The van der Waals surface area contributed by atoms with Crippen molar-refractivity contribution in [3.05, 3.63) is 28.5 Å². The number of carboxylic acid groups (broad SMARTS) is 1. The molecule has 0 aromatic carbocycles. The summed E-state index contributed by atoms with van der Waals surface area (Å²) in [5.41, 5.74) is 1.16. The monoisotopic (exact) mass is 357 g/mol. The number of carboxylic acids is 1. The van der Waals surface area contributed by atoms with Crippen molar-refractivity contribution >= 4 is 21.9 Å². The Balaban J connectivity index is 1.84. The number of aromatic nitrogens is 1. The molecule has 1 saturated heterocycles. The van der Waals surface area contributed by atoms with Gasteiger partial charge in [-0.05, 0) is 34.6 Å². The molecule has 1 aromatic heterocycles. The summed E-state index contributed by atoms with van der Waals surface area (Å²) in [4.78, 5) is 18.9. The molecule has 0 aliphatic carbocycles. The minimum absolute atomic E-state index is 0.0371. The fourth-order valence-electron chi connectivity index (χ4n) is 2.48. The van der Waals surface area contributed by atoms with Gasteiger partial charge in [0.2, 0.25) is 0 Å². The summed E-state index contributed by atoms with van der Waals surface area (Å²) in [5.74, 6) is -0.814. The number of hydrogen-bond donors (Lipinski definition) is 1. The summed E-state index contributed by atoms with van der Waals surface area (Å²) in [6, 6.07) is 2.06. The number of ether oxygens (including phenoxy) is 1. The number of morpholine rings is 1. The van der Waals surface area contributed by atoms with Crippen LogP contribution >= 0.6 is 15.9 Å². The van der Waals surface area contributed by atoms with Gasteiger partial charge >= 0.3 is 5.97 Å². The Morgan fingerprint density at radius 1 is 1.62 bits per heavy atom. The van der Waals surface area contributed by atoms with Gasteiger partial charge in [0.15, 0.2) is 0 Å². The molecule has 1 aliphatic rings. The number of hydrogen-bond acceptors (Lipinski definition) is 5. The van der Waals surface area contributed by atoms with Crippen LogP contribution in [0.1, 0.15) is 5.56 Å². The van der Waals surface area contributed by atoms with Crippen LogP contribution in [0.3, 0.4) is 0 Å². The fraction of sp³-hybridized carbons (Fsp3) is 0.571. The van der Waals surface area contributed by atoms with Gasteiger partial charge in [-0.3, -0.25) is 19.6 Å². The highest BCUT2D eigenvalue weighted by molar-refractivity contribution is 9.10. The summed E-state index contributed by atoms with van der Waals surface area (Å²) in [6.45, 7) is 3.85. The molecule has 0 saturated carbocycles. The van der Waals surface area contributed by atoms with Gasteiger partial charge in [-0.1, -0.05) is 0 Å². The van der Waals surface area contributed by atoms with E-state index in [1.807, 2.05) is 6.20 Å². The van der Waals surface area contributed by atoms with E-state index in [2.05, 4.69) is 31.9 Å². The van der Waals surface area contributed by atoms with E-state index in [0.29, 0.717) is 13.2 Å². The van der Waals surface area contributed by atoms with Crippen LogP contribution in [0.25, 0.3) is 0 Å². The van der Waals surface area contributed by atoms with E-state index in [9.17, 15) is 4.79 Å². The van der Waals surface area contributed by atoms with E-state index in [0.717, 1.165) is 29.7 Å². The average molecular weight is 358 g/mol. The smallest absolute Gasteiger partial charge is 0.317 e. The maximum Gasteiger partial charge on any atom is 0.317 e. The van der Waals surface area contributed by atoms with Crippen LogP contribution in [0.2, 0.25) is 0 Å². The molecule has 2 rings (SSSR count). The molecular formula is C14H20BrN3O3. The predicted molar refractivity (Wildman–Crippen MR) is 82.1 cm³/mol. The molecule has 7 heteroatoms. The third-order valence-corrected chi connectivity index (χ3v) is 3.74. The van der Waals surface area contributed by atoms with Gasteiger partial charge in [-0.25, -0.2) is 0 Å². The highest BCUT2D eigenvalue weighted by atomic mass is 79.9. The molecule has 0 radical (unpaired) electrons. The highest BCUT2D eigenvalue weighted by Crippen LogP contribution is 2.14. The summed E-state index contributed by atoms with van der Waals surface area (Å²) < 4.78 is 6.70. The lowest BCUT2D eigenvalue weighted by Gasteiger charge is -2.34. The number of halogens is 1. The molecule has 1 unspecified atom stereocenters. The largest absolute Gasteiger partial charge is 0.480 e. The molecule has 0 spiro atoms. The molecule has 6 nitrogen and oxygen atoms in total. The van der Waals surface area contributed by atoms with Crippen LogP contribution < -0.4 is 0 Å². The Kier molecular flexibility index (Phi) is 6.10. The Morgan fingerprint density at radius 2 is 2.43 bits per heavy atom. The zero-order valence-corrected chi connectivity index (χ0v) is 13.6. The Hall–Kier alpha value is -1.02. The second-order valence-electron chi connectivity index (χ2n) is 5.33. The van der Waals surface area contributed by atoms with Crippen molar-refractivity contribution in [2.75, 3.05) is 39.8 Å². The van der Waals surface area contributed by atoms with Crippen LogP contribution in [-0.4, -0.2) is 71.8 Å². The van der Waals surface area contributed by atoms with Gasteiger partial charge < -0.3 is 9.84 Å². The van der Waals surface area contributed by atoms with Crippen LogP contribution in [0.5, 0.6) is 0 Å². The molecule has 1 aromatic rings. The normalized spacial score (nSPS) is 19.9. The lowest BCUT2D eigenvalue weighted by Crippen LogP contribution is -2.47. The molecule has 0 amide bonds. The molecule has 1 aliphatic heterocycles. The highest BCUT2D eigenvalue weighted by Gasteiger charge is 2.22. The summed E-state index contributed by atoms with van der Waals surface area (Å²) in [7, 11) is 1.80. The Morgan fingerprint density at radius 3 is 3.14 bits per heavy atom. The third-order valence-electron chi connectivity index (χ3n) is 3.31. The minimum atomic E-state index is -0.814. The van der Waals surface area contributed by atoms with Crippen molar-refractivity contribution in [2.24, 2.45) is 0 Å². The number of nitrogens with zero attached hydrogens (tertiary/aromatic N) is 3. The van der Waals surface area contributed by atoms with E-state index in [4.69, 9.17) is 9.84 Å². The van der Waals surface area contributed by atoms with Crippen LogP contribution in [0.4, 0.5) is 0 Å². The van der Waals surface area contributed by atoms with Crippen LogP contribution in [0.15, 0.2) is 22.9 Å². The van der Waals surface area contributed by atoms with Gasteiger partial charge in [0.25, 0.3) is 0 Å². The quantitative estimate of drug-likeness (QED) is 0.821. The zero-order valence-electron chi connectivity index (χ0n) is 12.0. The molecule has 0 bridgehead atoms. The molecule has 1 atom stereocenters. The van der Waals surface area contributed by atoms with Crippen molar-refractivity contribution in [1.29, 1.82) is 0 Å². The molecule has 116 valence electrons. The van der Waals surface area contributed by atoms with Crippen molar-refractivity contribution < 1.29 is 14.6 Å². The third kappa shape index (κ3) is 5.70. The first-order valence-corrected chi connectivity index (χ1v) is 7.66. The first kappa shape index (κ1) is 16.4. The van der Waals surface area contributed by atoms with E-state index >= 15 is 0 Å². The molecular weight excluding hydrogens is 338 g/mol. The van der Waals surface area contributed by atoms with Gasteiger partial charge in [-0.2, -0.15) is 0 Å². The van der Waals surface area contributed by atoms with Crippen molar-refractivity contribution in [3.8, 4) is 0 Å². The molecule has 1 N–H and O–H groups in total. The number of likely N-dealkylation sites (N-methyl/N-ethyl adjacent to an activating group) is 1. The van der Waals surface area contributed by atoms with Crippen molar-refractivity contribution in [1.82, 2.24) is 14.8 Å². The molecule has 21 heavy (non-hydrogen) atoms. The number of aliphatic carboxylic acids is 1. The Bertz CT molecular complexity index is 486. The molecule has 1 fully saturated rings. The summed E-state index contributed by atoms with van der Waals surface area (Å²) in [6.07, 6.45) is 3.68. The lowest BCUT2D eigenvalue weighted by molar-refractivity contribution is -0.138. The molecule has 2 heterocycles. The maximum absolute atomic E-state index is 10.7. The van der Waals surface area contributed by atoms with Crippen molar-refractivity contribution in [2.45, 2.75) is 12.6 Å². The van der Waals surface area contributed by atoms with Gasteiger partial charge in [0.1, 0.15) is 0 Å². The van der Waals surface area contributed by atoms with Crippen LogP contribution in [-0.2, 0) is 16.1 Å². The van der Waals surface area contributed by atoms with Gasteiger partial charge in [0, 0.05) is 43.0 Å². The fourth-order valence-corrected chi connectivity index (χ4v) is 2.89. The second-order valence-corrected chi connectivity index (χ2v) is 6.25. The second kappa shape index (κ2) is 7.84. The zero-order chi connectivity index (χ0) is 15.2. The number of rotatable bonds is 6.